The Labute approximate surface area is 154 Å². The van der Waals surface area contributed by atoms with E-state index < -0.39 is 5.92 Å². The maximum absolute atomic E-state index is 12.7. The Morgan fingerprint density at radius 3 is 2.76 bits per heavy atom. The van der Waals surface area contributed by atoms with Crippen molar-refractivity contribution in [3.63, 3.8) is 0 Å². The smallest absolute Gasteiger partial charge is 0.226 e. The summed E-state index contributed by atoms with van der Waals surface area (Å²) in [6.45, 7) is 2.15. The van der Waals surface area contributed by atoms with E-state index in [0.717, 1.165) is 12.1 Å². The van der Waals surface area contributed by atoms with Crippen molar-refractivity contribution in [2.45, 2.75) is 12.5 Å². The van der Waals surface area contributed by atoms with Gasteiger partial charge >= 0.3 is 0 Å². The van der Waals surface area contributed by atoms with Crippen molar-refractivity contribution in [3.05, 3.63) is 34.9 Å². The monoisotopic (exact) mass is 367 g/mol. The van der Waals surface area contributed by atoms with Crippen molar-refractivity contribution in [3.8, 4) is 0 Å². The quantitative estimate of drug-likeness (QED) is 0.757. The second kappa shape index (κ2) is 9.17. The Hall–Kier alpha value is -1.63. The molecule has 1 saturated heterocycles. The van der Waals surface area contributed by atoms with Gasteiger partial charge in [0, 0.05) is 38.2 Å². The van der Waals surface area contributed by atoms with E-state index in [1.807, 2.05) is 37.2 Å². The van der Waals surface area contributed by atoms with Gasteiger partial charge in [-0.1, -0.05) is 29.8 Å². The molecule has 0 spiro atoms. The minimum absolute atomic E-state index is 0.0465. The van der Waals surface area contributed by atoms with Crippen molar-refractivity contribution in [1.82, 2.24) is 15.1 Å². The zero-order valence-electron chi connectivity index (χ0n) is 15.0. The molecule has 0 radical (unpaired) electrons. The van der Waals surface area contributed by atoms with Crippen LogP contribution in [0.4, 0.5) is 0 Å². The molecule has 138 valence electrons. The molecule has 1 N–H and O–H groups in total. The van der Waals surface area contributed by atoms with Crippen LogP contribution in [0.25, 0.3) is 0 Å². The Morgan fingerprint density at radius 1 is 1.40 bits per heavy atom. The first-order valence-corrected chi connectivity index (χ1v) is 8.78. The number of amides is 2. The van der Waals surface area contributed by atoms with Crippen LogP contribution in [0.5, 0.6) is 0 Å². The van der Waals surface area contributed by atoms with E-state index >= 15 is 0 Å². The molecule has 1 aliphatic heterocycles. The van der Waals surface area contributed by atoms with Gasteiger partial charge in [-0.05, 0) is 25.7 Å². The number of ether oxygens (including phenoxy) is 1. The summed E-state index contributed by atoms with van der Waals surface area (Å²) in [4.78, 5) is 28.9. The van der Waals surface area contributed by atoms with E-state index in [4.69, 9.17) is 16.3 Å². The van der Waals surface area contributed by atoms with Crippen molar-refractivity contribution < 1.29 is 14.3 Å². The lowest BCUT2D eigenvalue weighted by Crippen LogP contribution is -2.39. The predicted octanol–water partition coefficient (Wildman–Crippen LogP) is 1.55. The minimum atomic E-state index is -0.452. The van der Waals surface area contributed by atoms with E-state index in [9.17, 15) is 9.59 Å². The number of likely N-dealkylation sites (tertiary alicyclic amines) is 1. The lowest BCUT2D eigenvalue weighted by atomic mass is 9.92. The van der Waals surface area contributed by atoms with Gasteiger partial charge in [-0.2, -0.15) is 0 Å². The second-order valence-corrected chi connectivity index (χ2v) is 6.86. The van der Waals surface area contributed by atoms with Crippen LogP contribution < -0.4 is 5.32 Å². The van der Waals surface area contributed by atoms with Gasteiger partial charge in [0.15, 0.2) is 0 Å². The SMILES string of the molecule is COCCN1C(=O)C[C@@H](C(=O)NCCN(C)C)[C@@H]1c1ccccc1Cl. The van der Waals surface area contributed by atoms with Gasteiger partial charge in [-0.25, -0.2) is 0 Å². The van der Waals surface area contributed by atoms with Crippen LogP contribution in [0.1, 0.15) is 18.0 Å². The first kappa shape index (κ1) is 19.7. The minimum Gasteiger partial charge on any atom is -0.383 e. The van der Waals surface area contributed by atoms with Crippen LogP contribution in [-0.2, 0) is 14.3 Å². The van der Waals surface area contributed by atoms with Crippen LogP contribution in [0.3, 0.4) is 0 Å². The molecule has 0 aromatic heterocycles. The van der Waals surface area contributed by atoms with Gasteiger partial charge in [-0.3, -0.25) is 9.59 Å². The summed E-state index contributed by atoms with van der Waals surface area (Å²) in [5.74, 6) is -0.610. The molecule has 2 amide bonds. The van der Waals surface area contributed by atoms with Gasteiger partial charge in [0.25, 0.3) is 0 Å². The van der Waals surface area contributed by atoms with Crippen molar-refractivity contribution in [2.75, 3.05) is 47.4 Å². The zero-order chi connectivity index (χ0) is 18.4. The van der Waals surface area contributed by atoms with Gasteiger partial charge < -0.3 is 19.9 Å². The number of benzene rings is 1. The van der Waals surface area contributed by atoms with Crippen LogP contribution >= 0.6 is 11.6 Å². The Balaban J connectivity index is 2.23. The molecule has 2 atom stereocenters. The van der Waals surface area contributed by atoms with E-state index in [0.29, 0.717) is 24.7 Å². The van der Waals surface area contributed by atoms with Crippen LogP contribution in [0.2, 0.25) is 5.02 Å². The summed E-state index contributed by atoms with van der Waals surface area (Å²) in [5, 5.41) is 3.50. The molecule has 0 aliphatic carbocycles. The highest BCUT2D eigenvalue weighted by atomic mass is 35.5. The zero-order valence-corrected chi connectivity index (χ0v) is 15.8. The number of hydrogen-bond donors (Lipinski definition) is 1. The van der Waals surface area contributed by atoms with Gasteiger partial charge in [-0.15, -0.1) is 0 Å². The lowest BCUT2D eigenvalue weighted by molar-refractivity contribution is -0.129. The molecule has 6 nitrogen and oxygen atoms in total. The van der Waals surface area contributed by atoms with Crippen LogP contribution in [0, 0.1) is 5.92 Å². The van der Waals surface area contributed by atoms with Crippen LogP contribution in [0.15, 0.2) is 24.3 Å². The summed E-state index contributed by atoms with van der Waals surface area (Å²) in [6, 6.07) is 7.02. The molecule has 1 fully saturated rings. The number of likely N-dealkylation sites (N-methyl/N-ethyl adjacent to an activating group) is 1. The summed E-state index contributed by atoms with van der Waals surface area (Å²) >= 11 is 6.36. The first-order valence-electron chi connectivity index (χ1n) is 8.41. The third-order valence-corrected chi connectivity index (χ3v) is 4.73. The number of methoxy groups -OCH3 is 1. The Morgan fingerprint density at radius 2 is 2.12 bits per heavy atom. The van der Waals surface area contributed by atoms with Gasteiger partial charge in [0.1, 0.15) is 0 Å². The number of nitrogens with one attached hydrogen (secondary N) is 1. The molecule has 1 aromatic rings. The highest BCUT2D eigenvalue weighted by Crippen LogP contribution is 2.40. The molecular formula is C18H26ClN3O3. The van der Waals surface area contributed by atoms with E-state index in [1.165, 1.54) is 0 Å². The molecule has 0 unspecified atom stereocenters. The van der Waals surface area contributed by atoms with E-state index in [-0.39, 0.29) is 24.3 Å². The molecule has 25 heavy (non-hydrogen) atoms. The van der Waals surface area contributed by atoms with E-state index in [2.05, 4.69) is 5.32 Å². The Kier molecular flexibility index (Phi) is 7.23. The highest BCUT2D eigenvalue weighted by molar-refractivity contribution is 6.31. The number of nitrogens with zero attached hydrogens (tertiary/aromatic N) is 2. The fourth-order valence-electron chi connectivity index (χ4n) is 3.11. The number of halogens is 1. The van der Waals surface area contributed by atoms with E-state index in [1.54, 1.807) is 18.1 Å². The number of rotatable bonds is 8. The average molecular weight is 368 g/mol. The third kappa shape index (κ3) is 4.93. The molecule has 1 heterocycles. The maximum atomic E-state index is 12.7. The van der Waals surface area contributed by atoms with Crippen molar-refractivity contribution in [2.24, 2.45) is 5.92 Å². The molecular weight excluding hydrogens is 342 g/mol. The summed E-state index contributed by atoms with van der Waals surface area (Å²) in [5.41, 5.74) is 0.805. The molecule has 2 rings (SSSR count). The molecule has 0 saturated carbocycles. The normalized spacial score (nSPS) is 20.4. The van der Waals surface area contributed by atoms with Crippen LogP contribution in [-0.4, -0.2) is 69.1 Å². The van der Waals surface area contributed by atoms with Crippen molar-refractivity contribution in [1.29, 1.82) is 0 Å². The maximum Gasteiger partial charge on any atom is 0.226 e. The standard InChI is InChI=1S/C18H26ClN3O3/c1-21(2)9-8-20-18(24)14-12-16(23)22(10-11-25-3)17(14)13-6-4-5-7-15(13)19/h4-7,14,17H,8-12H2,1-3H3,(H,20,24)/t14-,17+/m1/s1. The first-order chi connectivity index (χ1) is 12.0. The highest BCUT2D eigenvalue weighted by Gasteiger charge is 2.44. The van der Waals surface area contributed by atoms with Gasteiger partial charge in [0.2, 0.25) is 11.8 Å². The molecule has 1 aromatic carbocycles. The number of carbonyl (C=O) groups excluding carboxylic acids is 2. The average Bonchev–Trinajstić information content (AvgIpc) is 2.89. The molecule has 0 bridgehead atoms. The summed E-state index contributed by atoms with van der Waals surface area (Å²) < 4.78 is 5.12. The summed E-state index contributed by atoms with van der Waals surface area (Å²) in [7, 11) is 5.49. The number of hydrogen-bond acceptors (Lipinski definition) is 4. The summed E-state index contributed by atoms with van der Waals surface area (Å²) in [6.07, 6.45) is 0.188. The Bertz CT molecular complexity index is 609. The molecule has 7 heteroatoms. The largest absolute Gasteiger partial charge is 0.383 e. The number of carbonyl (C=O) groups is 2. The second-order valence-electron chi connectivity index (χ2n) is 6.45. The third-order valence-electron chi connectivity index (χ3n) is 4.39. The topological polar surface area (TPSA) is 61.9 Å². The predicted molar refractivity (Wildman–Crippen MR) is 97.5 cm³/mol. The van der Waals surface area contributed by atoms with Gasteiger partial charge in [0.05, 0.1) is 18.6 Å². The molecule has 1 aliphatic rings. The lowest BCUT2D eigenvalue weighted by Gasteiger charge is -2.29. The fraction of sp³-hybridized carbons (Fsp3) is 0.556. The van der Waals surface area contributed by atoms with Crippen molar-refractivity contribution >= 4 is 23.4 Å². The fourth-order valence-corrected chi connectivity index (χ4v) is 3.36.